The molecule has 0 saturated carbocycles. The number of carbonyl (C=O) groups is 2. The molecular formula is C17H19F6NO4. The highest BCUT2D eigenvalue weighted by Gasteiger charge is 2.37. The number of carbonyl (C=O) groups excluding carboxylic acids is 1. The normalized spacial score (nSPS) is 13.8. The molecule has 0 aliphatic carbocycles. The molecule has 0 bridgehead atoms. The van der Waals surface area contributed by atoms with E-state index >= 15 is 0 Å². The summed E-state index contributed by atoms with van der Waals surface area (Å²) in [6.45, 7) is 4.13. The van der Waals surface area contributed by atoms with Gasteiger partial charge in [-0.3, -0.25) is 4.79 Å². The van der Waals surface area contributed by atoms with E-state index in [4.69, 9.17) is 4.74 Å². The highest BCUT2D eigenvalue weighted by molar-refractivity contribution is 5.73. The minimum absolute atomic E-state index is 0.0434. The summed E-state index contributed by atoms with van der Waals surface area (Å²) >= 11 is 0. The van der Waals surface area contributed by atoms with E-state index in [1.807, 2.05) is 0 Å². The van der Waals surface area contributed by atoms with Crippen LogP contribution in [0.2, 0.25) is 0 Å². The predicted octanol–water partition coefficient (Wildman–Crippen LogP) is 4.49. The smallest absolute Gasteiger partial charge is 0.416 e. The van der Waals surface area contributed by atoms with Crippen LogP contribution in [0.4, 0.5) is 31.1 Å². The van der Waals surface area contributed by atoms with Crippen LogP contribution in [0.1, 0.15) is 37.5 Å². The fraction of sp³-hybridized carbons (Fsp3) is 0.529. The topological polar surface area (TPSA) is 75.6 Å². The van der Waals surface area contributed by atoms with Gasteiger partial charge in [0, 0.05) is 6.54 Å². The van der Waals surface area contributed by atoms with Crippen LogP contribution in [-0.2, 0) is 28.3 Å². The summed E-state index contributed by atoms with van der Waals surface area (Å²) in [5.74, 6) is -2.96. The standard InChI is InChI=1S/C17H19F6NO4/c1-15(2,3)28-14(27)24-8-10(13(25)26)4-9-5-11(16(18,19)20)7-12(6-9)17(21,22)23/h5-7,10H,4,8H2,1-3H3,(H,24,27)(H,25,26)/t10-/m1/s1. The number of ether oxygens (including phenoxy) is 1. The molecule has 1 aromatic rings. The third-order valence-electron chi connectivity index (χ3n) is 3.37. The summed E-state index contributed by atoms with van der Waals surface area (Å²) in [5.41, 5.74) is -4.42. The van der Waals surface area contributed by atoms with E-state index in [2.05, 4.69) is 5.32 Å². The molecule has 28 heavy (non-hydrogen) atoms. The van der Waals surface area contributed by atoms with Crippen molar-refractivity contribution in [1.82, 2.24) is 5.32 Å². The summed E-state index contributed by atoms with van der Waals surface area (Å²) in [7, 11) is 0. The fourth-order valence-corrected chi connectivity index (χ4v) is 2.19. The molecule has 11 heteroatoms. The van der Waals surface area contributed by atoms with Gasteiger partial charge in [0.2, 0.25) is 0 Å². The van der Waals surface area contributed by atoms with Crippen LogP contribution in [0.15, 0.2) is 18.2 Å². The number of benzene rings is 1. The van der Waals surface area contributed by atoms with Crippen molar-refractivity contribution in [2.75, 3.05) is 6.54 Å². The lowest BCUT2D eigenvalue weighted by atomic mass is 9.95. The molecule has 158 valence electrons. The summed E-state index contributed by atoms with van der Waals surface area (Å²) in [6.07, 6.45) is -11.7. The first kappa shape index (κ1) is 23.6. The van der Waals surface area contributed by atoms with Gasteiger partial charge >= 0.3 is 24.4 Å². The average Bonchev–Trinajstić information content (AvgIpc) is 2.47. The third-order valence-corrected chi connectivity index (χ3v) is 3.37. The van der Waals surface area contributed by atoms with Crippen molar-refractivity contribution in [1.29, 1.82) is 0 Å². The second kappa shape index (κ2) is 8.27. The molecule has 0 radical (unpaired) electrons. The van der Waals surface area contributed by atoms with Crippen molar-refractivity contribution in [3.63, 3.8) is 0 Å². The van der Waals surface area contributed by atoms with Gasteiger partial charge in [0.15, 0.2) is 0 Å². The van der Waals surface area contributed by atoms with Gasteiger partial charge < -0.3 is 15.2 Å². The van der Waals surface area contributed by atoms with Crippen molar-refractivity contribution in [3.05, 3.63) is 34.9 Å². The van der Waals surface area contributed by atoms with Gasteiger partial charge in [-0.2, -0.15) is 26.3 Å². The van der Waals surface area contributed by atoms with Crippen LogP contribution in [0.5, 0.6) is 0 Å². The average molecular weight is 415 g/mol. The molecule has 1 rings (SSSR count). The highest BCUT2D eigenvalue weighted by Crippen LogP contribution is 2.36. The molecule has 0 unspecified atom stereocenters. The molecule has 5 nitrogen and oxygen atoms in total. The van der Waals surface area contributed by atoms with Gasteiger partial charge in [-0.25, -0.2) is 4.79 Å². The lowest BCUT2D eigenvalue weighted by Crippen LogP contribution is -2.37. The van der Waals surface area contributed by atoms with Gasteiger partial charge in [-0.15, -0.1) is 0 Å². The van der Waals surface area contributed by atoms with Gasteiger partial charge in [-0.05, 0) is 51.0 Å². The molecular weight excluding hydrogens is 396 g/mol. The monoisotopic (exact) mass is 415 g/mol. The van der Waals surface area contributed by atoms with Crippen molar-refractivity contribution >= 4 is 12.1 Å². The molecule has 0 aliphatic heterocycles. The number of nitrogens with one attached hydrogen (secondary N) is 1. The molecule has 0 spiro atoms. The number of alkyl carbamates (subject to hydrolysis) is 1. The van der Waals surface area contributed by atoms with Crippen molar-refractivity contribution < 1.29 is 45.8 Å². The van der Waals surface area contributed by atoms with E-state index in [0.717, 1.165) is 0 Å². The zero-order chi connectivity index (χ0) is 21.9. The Morgan fingerprint density at radius 3 is 1.82 bits per heavy atom. The molecule has 0 aliphatic rings. The number of alkyl halides is 6. The third kappa shape index (κ3) is 7.65. The zero-order valence-electron chi connectivity index (χ0n) is 15.2. The largest absolute Gasteiger partial charge is 0.481 e. The first-order chi connectivity index (χ1) is 12.5. The number of aliphatic carboxylic acids is 1. The summed E-state index contributed by atoms with van der Waals surface area (Å²) in [6, 6.07) is 0.871. The Balaban J connectivity index is 3.06. The molecule has 2 N–H and O–H groups in total. The number of halogens is 6. The summed E-state index contributed by atoms with van der Waals surface area (Å²) in [5, 5.41) is 11.3. The van der Waals surface area contributed by atoms with Crippen molar-refractivity contribution in [2.45, 2.75) is 45.1 Å². The predicted molar refractivity (Wildman–Crippen MR) is 85.5 cm³/mol. The zero-order valence-corrected chi connectivity index (χ0v) is 15.2. The lowest BCUT2D eigenvalue weighted by molar-refractivity contribution is -0.143. The fourth-order valence-electron chi connectivity index (χ4n) is 2.19. The highest BCUT2D eigenvalue weighted by atomic mass is 19.4. The van der Waals surface area contributed by atoms with Gasteiger partial charge in [-0.1, -0.05) is 0 Å². The number of carboxylic acid groups (broad SMARTS) is 1. The first-order valence-corrected chi connectivity index (χ1v) is 7.97. The summed E-state index contributed by atoms with van der Waals surface area (Å²) in [4.78, 5) is 22.9. The van der Waals surface area contributed by atoms with Crippen LogP contribution < -0.4 is 5.32 Å². The summed E-state index contributed by atoms with van der Waals surface area (Å²) < 4.78 is 82.2. The molecule has 0 aromatic heterocycles. The second-order valence-electron chi connectivity index (χ2n) is 7.04. The van der Waals surface area contributed by atoms with Gasteiger partial charge in [0.05, 0.1) is 17.0 Å². The van der Waals surface area contributed by atoms with E-state index in [0.29, 0.717) is 12.1 Å². The number of carboxylic acids is 1. The van der Waals surface area contributed by atoms with Crippen molar-refractivity contribution in [3.8, 4) is 0 Å². The van der Waals surface area contributed by atoms with Crippen LogP contribution in [-0.4, -0.2) is 29.3 Å². The quantitative estimate of drug-likeness (QED) is 0.695. The minimum atomic E-state index is -5.04. The van der Waals surface area contributed by atoms with Gasteiger partial charge in [0.25, 0.3) is 0 Å². The molecule has 1 atom stereocenters. The Kier molecular flexibility index (Phi) is 6.97. The van der Waals surface area contributed by atoms with E-state index < -0.39 is 65.6 Å². The minimum Gasteiger partial charge on any atom is -0.481 e. The van der Waals surface area contributed by atoms with Crippen LogP contribution in [0.25, 0.3) is 0 Å². The molecule has 0 saturated heterocycles. The van der Waals surface area contributed by atoms with Gasteiger partial charge in [0.1, 0.15) is 5.60 Å². The number of hydrogen-bond acceptors (Lipinski definition) is 3. The Hall–Kier alpha value is -2.46. The maximum Gasteiger partial charge on any atom is 0.416 e. The Morgan fingerprint density at radius 1 is 1.00 bits per heavy atom. The lowest BCUT2D eigenvalue weighted by Gasteiger charge is -2.21. The number of hydrogen-bond donors (Lipinski definition) is 2. The van der Waals surface area contributed by atoms with E-state index in [1.54, 1.807) is 20.8 Å². The molecule has 1 amide bonds. The maximum absolute atomic E-state index is 12.9. The maximum atomic E-state index is 12.9. The van der Waals surface area contributed by atoms with E-state index in [1.165, 1.54) is 0 Å². The van der Waals surface area contributed by atoms with Crippen LogP contribution >= 0.6 is 0 Å². The Morgan fingerprint density at radius 2 is 1.46 bits per heavy atom. The van der Waals surface area contributed by atoms with Crippen molar-refractivity contribution in [2.24, 2.45) is 5.92 Å². The second-order valence-corrected chi connectivity index (χ2v) is 7.04. The Bertz CT molecular complexity index is 690. The SMILES string of the molecule is CC(C)(C)OC(=O)NC[C@@H](Cc1cc(C(F)(F)F)cc(C(F)(F)F)c1)C(=O)O. The van der Waals surface area contributed by atoms with E-state index in [-0.39, 0.29) is 6.07 Å². The van der Waals surface area contributed by atoms with Crippen LogP contribution in [0, 0.1) is 5.92 Å². The number of amides is 1. The number of rotatable bonds is 5. The van der Waals surface area contributed by atoms with E-state index in [9.17, 15) is 41.0 Å². The Labute approximate surface area is 156 Å². The van der Waals surface area contributed by atoms with Crippen LogP contribution in [0.3, 0.4) is 0 Å². The first-order valence-electron chi connectivity index (χ1n) is 7.97. The molecule has 1 aromatic carbocycles. The molecule has 0 fully saturated rings. The molecule has 0 heterocycles.